The van der Waals surface area contributed by atoms with Crippen LogP contribution in [0.2, 0.25) is 0 Å². The number of aliphatic carboxylic acids is 1. The fourth-order valence-corrected chi connectivity index (χ4v) is 2.09. The summed E-state index contributed by atoms with van der Waals surface area (Å²) in [6, 6.07) is 5.21. The molecule has 0 atom stereocenters. The number of aliphatic hydroxyl groups excluding tert-OH is 1. The van der Waals surface area contributed by atoms with Crippen molar-refractivity contribution in [3.63, 3.8) is 0 Å². The summed E-state index contributed by atoms with van der Waals surface area (Å²) in [4.78, 5) is 22.9. The zero-order chi connectivity index (χ0) is 13.3. The van der Waals surface area contributed by atoms with Crippen LogP contribution in [-0.4, -0.2) is 29.1 Å². The number of fused-ring (bicyclic) bond motifs is 1. The maximum atomic E-state index is 12.2. The van der Waals surface area contributed by atoms with Crippen LogP contribution in [0.4, 0.5) is 0 Å². The Balaban J connectivity index is 2.58. The van der Waals surface area contributed by atoms with Gasteiger partial charge in [0.1, 0.15) is 5.75 Å². The number of carbonyl (C=O) groups is 2. The molecular formula is C13H12O5. The van der Waals surface area contributed by atoms with E-state index in [9.17, 15) is 14.7 Å². The molecule has 0 spiro atoms. The molecule has 1 aliphatic carbocycles. The molecule has 2 rings (SSSR count). The molecule has 0 heterocycles. The second-order valence-electron chi connectivity index (χ2n) is 3.96. The smallest absolute Gasteiger partial charge is 0.371 e. The number of rotatable bonds is 2. The van der Waals surface area contributed by atoms with Crippen LogP contribution in [0.15, 0.2) is 29.5 Å². The number of carbonyl (C=O) groups excluding carboxylic acids is 1. The first kappa shape index (κ1) is 12.2. The summed E-state index contributed by atoms with van der Waals surface area (Å²) < 4.78 is 5.10. The Hall–Kier alpha value is -2.30. The van der Waals surface area contributed by atoms with Crippen LogP contribution in [0.5, 0.6) is 5.75 Å². The van der Waals surface area contributed by atoms with Gasteiger partial charge in [-0.25, -0.2) is 4.79 Å². The molecule has 1 aliphatic rings. The van der Waals surface area contributed by atoms with Gasteiger partial charge in [-0.05, 0) is 24.5 Å². The number of hydrogen-bond donors (Lipinski definition) is 2. The van der Waals surface area contributed by atoms with E-state index >= 15 is 0 Å². The molecule has 0 fully saturated rings. The second-order valence-corrected chi connectivity index (χ2v) is 3.96. The fraction of sp³-hybridized carbons (Fsp3) is 0.231. The van der Waals surface area contributed by atoms with Crippen molar-refractivity contribution in [2.45, 2.75) is 12.8 Å². The highest BCUT2D eigenvalue weighted by atomic mass is 16.5. The zero-order valence-corrected chi connectivity index (χ0v) is 9.77. The monoisotopic (exact) mass is 248 g/mol. The fourth-order valence-electron chi connectivity index (χ4n) is 2.09. The highest BCUT2D eigenvalue weighted by Crippen LogP contribution is 2.32. The maximum Gasteiger partial charge on any atom is 0.371 e. The van der Waals surface area contributed by atoms with Crippen molar-refractivity contribution in [2.75, 3.05) is 7.11 Å². The lowest BCUT2D eigenvalue weighted by atomic mass is 9.85. The van der Waals surface area contributed by atoms with Crippen LogP contribution in [0.3, 0.4) is 0 Å². The first-order valence-electron chi connectivity index (χ1n) is 5.42. The summed E-state index contributed by atoms with van der Waals surface area (Å²) in [6.45, 7) is 0. The molecule has 0 saturated carbocycles. The average Bonchev–Trinajstić information content (AvgIpc) is 2.37. The van der Waals surface area contributed by atoms with Crippen molar-refractivity contribution in [1.29, 1.82) is 0 Å². The standard InChI is InChI=1S/C13H12O5/c1-18-9-4-2-3-7-5-6-8(11(14)10(7)9)12(15)13(16)17/h2-4,15H,5-6H2,1H3,(H,16,17). The van der Waals surface area contributed by atoms with E-state index in [-0.39, 0.29) is 12.0 Å². The van der Waals surface area contributed by atoms with E-state index in [1.807, 2.05) is 0 Å². The van der Waals surface area contributed by atoms with E-state index < -0.39 is 17.5 Å². The van der Waals surface area contributed by atoms with Crippen LogP contribution in [0, 0.1) is 0 Å². The number of benzene rings is 1. The van der Waals surface area contributed by atoms with Crippen molar-refractivity contribution < 1.29 is 24.5 Å². The summed E-state index contributed by atoms with van der Waals surface area (Å²) in [6.07, 6.45) is 0.724. The lowest BCUT2D eigenvalue weighted by Crippen LogP contribution is -2.19. The number of hydrogen-bond acceptors (Lipinski definition) is 4. The molecule has 0 saturated heterocycles. The number of carboxylic acids is 1. The molecule has 18 heavy (non-hydrogen) atoms. The number of aliphatic hydroxyl groups is 1. The summed E-state index contributed by atoms with van der Waals surface area (Å²) in [7, 11) is 1.44. The first-order chi connectivity index (χ1) is 8.56. The highest BCUT2D eigenvalue weighted by molar-refractivity contribution is 6.15. The molecule has 94 valence electrons. The zero-order valence-electron chi connectivity index (χ0n) is 9.77. The number of allylic oxidation sites excluding steroid dienone is 1. The highest BCUT2D eigenvalue weighted by Gasteiger charge is 2.29. The predicted octanol–water partition coefficient (Wildman–Crippen LogP) is 1.72. The van der Waals surface area contributed by atoms with Gasteiger partial charge in [-0.1, -0.05) is 12.1 Å². The molecule has 5 heteroatoms. The van der Waals surface area contributed by atoms with Crippen molar-refractivity contribution in [1.82, 2.24) is 0 Å². The second kappa shape index (κ2) is 4.52. The van der Waals surface area contributed by atoms with E-state index in [2.05, 4.69) is 0 Å². The van der Waals surface area contributed by atoms with E-state index in [1.165, 1.54) is 7.11 Å². The number of methoxy groups -OCH3 is 1. The van der Waals surface area contributed by atoms with Gasteiger partial charge in [0.05, 0.1) is 12.7 Å². The summed E-state index contributed by atoms with van der Waals surface area (Å²) in [5.41, 5.74) is 1.08. The lowest BCUT2D eigenvalue weighted by Gasteiger charge is -2.19. The molecule has 1 aromatic rings. The number of ether oxygens (including phenoxy) is 1. The van der Waals surface area contributed by atoms with Crippen LogP contribution in [-0.2, 0) is 11.2 Å². The van der Waals surface area contributed by atoms with Crippen LogP contribution >= 0.6 is 0 Å². The van der Waals surface area contributed by atoms with Gasteiger partial charge in [0.15, 0.2) is 5.78 Å². The van der Waals surface area contributed by atoms with Crippen molar-refractivity contribution in [3.05, 3.63) is 40.7 Å². The Kier molecular flexibility index (Phi) is 3.06. The SMILES string of the molecule is COc1cccc2c1C(=O)C(=C(O)C(=O)O)CC2. The molecule has 5 nitrogen and oxygen atoms in total. The van der Waals surface area contributed by atoms with Gasteiger partial charge in [0.25, 0.3) is 0 Å². The number of aryl methyl sites for hydroxylation is 1. The van der Waals surface area contributed by atoms with E-state index in [1.54, 1.807) is 18.2 Å². The van der Waals surface area contributed by atoms with Crippen molar-refractivity contribution >= 4 is 11.8 Å². The molecule has 0 amide bonds. The molecule has 0 aliphatic heterocycles. The van der Waals surface area contributed by atoms with E-state index in [4.69, 9.17) is 9.84 Å². The quantitative estimate of drug-likeness (QED) is 0.615. The van der Waals surface area contributed by atoms with Crippen molar-refractivity contribution in [2.24, 2.45) is 0 Å². The summed E-state index contributed by atoms with van der Waals surface area (Å²) in [5.74, 6) is -2.45. The minimum Gasteiger partial charge on any atom is -0.502 e. The van der Waals surface area contributed by atoms with Gasteiger partial charge in [-0.2, -0.15) is 0 Å². The minimum atomic E-state index is -1.49. The Morgan fingerprint density at radius 2 is 2.00 bits per heavy atom. The van der Waals surface area contributed by atoms with E-state index in [0.29, 0.717) is 17.7 Å². The molecule has 2 N–H and O–H groups in total. The van der Waals surface area contributed by atoms with Gasteiger partial charge in [0, 0.05) is 5.57 Å². The summed E-state index contributed by atoms with van der Waals surface area (Å²) >= 11 is 0. The Labute approximate surface area is 103 Å². The predicted molar refractivity (Wildman–Crippen MR) is 62.9 cm³/mol. The van der Waals surface area contributed by atoms with Gasteiger partial charge in [-0.15, -0.1) is 0 Å². The van der Waals surface area contributed by atoms with Gasteiger partial charge < -0.3 is 14.9 Å². The third kappa shape index (κ3) is 1.84. The topological polar surface area (TPSA) is 83.8 Å². The van der Waals surface area contributed by atoms with Crippen LogP contribution < -0.4 is 4.74 Å². The minimum absolute atomic E-state index is 0.0699. The summed E-state index contributed by atoms with van der Waals surface area (Å²) in [5, 5.41) is 18.2. The Morgan fingerprint density at radius 3 is 2.61 bits per heavy atom. The van der Waals surface area contributed by atoms with Crippen LogP contribution in [0.1, 0.15) is 22.3 Å². The molecule has 0 radical (unpaired) electrons. The van der Waals surface area contributed by atoms with E-state index in [0.717, 1.165) is 5.56 Å². The Bertz CT molecular complexity index is 542. The molecular weight excluding hydrogens is 236 g/mol. The largest absolute Gasteiger partial charge is 0.502 e. The van der Waals surface area contributed by atoms with Crippen molar-refractivity contribution in [3.8, 4) is 5.75 Å². The van der Waals surface area contributed by atoms with Gasteiger partial charge in [-0.3, -0.25) is 4.79 Å². The Morgan fingerprint density at radius 1 is 1.28 bits per heavy atom. The number of Topliss-reactive ketones (excluding diaryl/α,β-unsaturated/α-hetero) is 1. The normalized spacial score (nSPS) is 17.1. The molecule has 0 aromatic heterocycles. The average molecular weight is 248 g/mol. The van der Waals surface area contributed by atoms with Gasteiger partial charge in [0.2, 0.25) is 5.76 Å². The lowest BCUT2D eigenvalue weighted by molar-refractivity contribution is -0.135. The maximum absolute atomic E-state index is 12.2. The molecule has 1 aromatic carbocycles. The third-order valence-electron chi connectivity index (χ3n) is 2.97. The molecule has 0 unspecified atom stereocenters. The number of ketones is 1. The van der Waals surface area contributed by atoms with Crippen LogP contribution in [0.25, 0.3) is 0 Å². The first-order valence-corrected chi connectivity index (χ1v) is 5.42. The third-order valence-corrected chi connectivity index (χ3v) is 2.97. The molecule has 0 bridgehead atoms. The van der Waals surface area contributed by atoms with Gasteiger partial charge >= 0.3 is 5.97 Å². The number of carboxylic acid groups (broad SMARTS) is 1.